The van der Waals surface area contributed by atoms with Gasteiger partial charge in [0.15, 0.2) is 6.29 Å². The van der Waals surface area contributed by atoms with Crippen molar-refractivity contribution in [2.75, 3.05) is 20.8 Å². The first-order valence-corrected chi connectivity index (χ1v) is 8.01. The Bertz CT molecular complexity index is 729. The summed E-state index contributed by atoms with van der Waals surface area (Å²) in [6, 6.07) is 22.1. The number of rotatable bonds is 7. The lowest BCUT2D eigenvalue weighted by atomic mass is 10.0. The van der Waals surface area contributed by atoms with Crippen molar-refractivity contribution in [1.82, 2.24) is 0 Å². The van der Waals surface area contributed by atoms with Crippen LogP contribution in [0.15, 0.2) is 76.8 Å². The van der Waals surface area contributed by atoms with Crippen LogP contribution in [0.4, 0.5) is 0 Å². The van der Waals surface area contributed by atoms with Gasteiger partial charge in [0, 0.05) is 25.3 Å². The van der Waals surface area contributed by atoms with E-state index in [1.165, 1.54) is 0 Å². The van der Waals surface area contributed by atoms with Gasteiger partial charge in [0.25, 0.3) is 0 Å². The van der Waals surface area contributed by atoms with E-state index in [1.807, 2.05) is 67.6 Å². The molecule has 0 aliphatic heterocycles. The van der Waals surface area contributed by atoms with Crippen LogP contribution in [0.25, 0.3) is 0 Å². The number of nitrogens with zero attached hydrogens (tertiary/aromatic N) is 2. The van der Waals surface area contributed by atoms with E-state index >= 15 is 0 Å². The van der Waals surface area contributed by atoms with E-state index in [2.05, 4.69) is 6.07 Å². The van der Waals surface area contributed by atoms with Crippen molar-refractivity contribution in [3.63, 3.8) is 0 Å². The topological polar surface area (TPSA) is 54.6 Å². The summed E-state index contributed by atoms with van der Waals surface area (Å²) in [5.74, 6) is 0. The zero-order valence-electron chi connectivity index (χ0n) is 14.8. The summed E-state index contributed by atoms with van der Waals surface area (Å²) in [6.45, 7) is 2.10. The molecular formula is C21H22N2O2. The lowest BCUT2D eigenvalue weighted by molar-refractivity contribution is -0.0751. The smallest absolute Gasteiger partial charge is 0.180 e. The van der Waals surface area contributed by atoms with Crippen LogP contribution in [-0.2, 0) is 9.47 Å². The molecule has 0 saturated heterocycles. The molecule has 0 aliphatic carbocycles. The highest BCUT2D eigenvalue weighted by atomic mass is 16.7. The lowest BCUT2D eigenvalue weighted by Crippen LogP contribution is -2.17. The van der Waals surface area contributed by atoms with Gasteiger partial charge < -0.3 is 9.47 Å². The average molecular weight is 335 g/mol. The lowest BCUT2D eigenvalue weighted by Gasteiger charge is -2.15. The molecule has 2 rings (SSSR count). The molecular weight excluding hydrogens is 313 g/mol. The third kappa shape index (κ3) is 4.87. The van der Waals surface area contributed by atoms with Gasteiger partial charge in [-0.2, -0.15) is 5.26 Å². The average Bonchev–Trinajstić information content (AvgIpc) is 2.67. The third-order valence-corrected chi connectivity index (χ3v) is 3.88. The predicted molar refractivity (Wildman–Crippen MR) is 99.5 cm³/mol. The predicted octanol–water partition coefficient (Wildman–Crippen LogP) is 3.98. The number of hydrogen-bond acceptors (Lipinski definition) is 4. The summed E-state index contributed by atoms with van der Waals surface area (Å²) in [5.41, 5.74) is 4.15. The van der Waals surface area contributed by atoms with E-state index < -0.39 is 6.29 Å². The summed E-state index contributed by atoms with van der Waals surface area (Å²) in [6.07, 6.45) is -0.540. The number of benzene rings is 2. The summed E-state index contributed by atoms with van der Waals surface area (Å²) >= 11 is 0. The Morgan fingerprint density at radius 3 is 1.84 bits per heavy atom. The zero-order chi connectivity index (χ0) is 18.1. The molecule has 0 unspecified atom stereocenters. The monoisotopic (exact) mass is 335 g/mol. The minimum absolute atomic E-state index is 0.269. The molecule has 0 amide bonds. The maximum absolute atomic E-state index is 9.50. The van der Waals surface area contributed by atoms with E-state index in [0.29, 0.717) is 5.57 Å². The Balaban J connectivity index is 2.41. The van der Waals surface area contributed by atoms with Gasteiger partial charge in [-0.3, -0.25) is 4.99 Å². The second-order valence-corrected chi connectivity index (χ2v) is 5.47. The third-order valence-electron chi connectivity index (χ3n) is 3.88. The molecule has 4 heteroatoms. The maximum atomic E-state index is 9.50. The van der Waals surface area contributed by atoms with Crippen molar-refractivity contribution in [3.8, 4) is 6.07 Å². The van der Waals surface area contributed by atoms with Crippen LogP contribution < -0.4 is 0 Å². The Kier molecular flexibility index (Phi) is 7.09. The molecule has 0 aromatic heterocycles. The quantitative estimate of drug-likeness (QED) is 0.333. The molecule has 0 atom stereocenters. The molecule has 0 radical (unpaired) electrons. The van der Waals surface area contributed by atoms with Gasteiger partial charge in [-0.25, -0.2) is 0 Å². The van der Waals surface area contributed by atoms with Crippen LogP contribution in [0.5, 0.6) is 0 Å². The second kappa shape index (κ2) is 9.53. The molecule has 0 aliphatic rings. The molecule has 25 heavy (non-hydrogen) atoms. The minimum atomic E-state index is -0.540. The molecule has 2 aromatic carbocycles. The van der Waals surface area contributed by atoms with Gasteiger partial charge in [0.05, 0.1) is 23.9 Å². The molecule has 0 N–H and O–H groups in total. The van der Waals surface area contributed by atoms with Crippen LogP contribution >= 0.6 is 0 Å². The first kappa shape index (κ1) is 18.6. The van der Waals surface area contributed by atoms with Crippen molar-refractivity contribution in [3.05, 3.63) is 82.9 Å². The summed E-state index contributed by atoms with van der Waals surface area (Å²) < 4.78 is 10.5. The minimum Gasteiger partial charge on any atom is -0.352 e. The fourth-order valence-electron chi connectivity index (χ4n) is 2.54. The maximum Gasteiger partial charge on any atom is 0.180 e. The number of aliphatic imine (C=N–C) groups is 1. The van der Waals surface area contributed by atoms with Crippen LogP contribution in [0.3, 0.4) is 0 Å². The SMILES string of the molecule is COC(OC)/C(C)=C(/C#N)C[15N]=C(c1ccccc1)c1ccccc1. The van der Waals surface area contributed by atoms with Gasteiger partial charge >= 0.3 is 0 Å². The van der Waals surface area contributed by atoms with Crippen molar-refractivity contribution in [2.24, 2.45) is 4.99 Å². The summed E-state index contributed by atoms with van der Waals surface area (Å²) in [4.78, 5) is 4.73. The largest absolute Gasteiger partial charge is 0.352 e. The number of methoxy groups -OCH3 is 2. The van der Waals surface area contributed by atoms with E-state index in [9.17, 15) is 5.26 Å². The van der Waals surface area contributed by atoms with Gasteiger partial charge in [0.1, 0.15) is 0 Å². The number of nitriles is 1. The van der Waals surface area contributed by atoms with Gasteiger partial charge in [-0.05, 0) is 12.5 Å². The van der Waals surface area contributed by atoms with Crippen LogP contribution in [0.1, 0.15) is 18.1 Å². The molecule has 0 spiro atoms. The van der Waals surface area contributed by atoms with E-state index in [0.717, 1.165) is 22.4 Å². The van der Waals surface area contributed by atoms with E-state index in [-0.39, 0.29) is 6.54 Å². The molecule has 128 valence electrons. The highest BCUT2D eigenvalue weighted by Crippen LogP contribution is 2.15. The Labute approximate surface area is 149 Å². The molecule has 2 aromatic rings. The first-order valence-electron chi connectivity index (χ1n) is 8.01. The Hall–Kier alpha value is -2.74. The fourth-order valence-corrected chi connectivity index (χ4v) is 2.54. The van der Waals surface area contributed by atoms with E-state index in [4.69, 9.17) is 14.5 Å². The Morgan fingerprint density at radius 1 is 0.960 bits per heavy atom. The van der Waals surface area contributed by atoms with Crippen molar-refractivity contribution in [2.45, 2.75) is 13.2 Å². The van der Waals surface area contributed by atoms with Gasteiger partial charge in [0.2, 0.25) is 0 Å². The highest BCUT2D eigenvalue weighted by Gasteiger charge is 2.14. The molecule has 4 nitrogen and oxygen atoms in total. The van der Waals surface area contributed by atoms with Crippen molar-refractivity contribution in [1.29, 1.82) is 5.26 Å². The summed E-state index contributed by atoms with van der Waals surface area (Å²) in [5, 5.41) is 9.50. The highest BCUT2D eigenvalue weighted by molar-refractivity contribution is 6.12. The number of hydrogen-bond donors (Lipinski definition) is 0. The Morgan fingerprint density at radius 2 is 1.44 bits per heavy atom. The molecule has 0 saturated carbocycles. The summed E-state index contributed by atoms with van der Waals surface area (Å²) in [7, 11) is 3.10. The van der Waals surface area contributed by atoms with Gasteiger partial charge in [-0.15, -0.1) is 0 Å². The van der Waals surface area contributed by atoms with Crippen LogP contribution in [0, 0.1) is 11.3 Å². The molecule has 0 heterocycles. The van der Waals surface area contributed by atoms with Gasteiger partial charge in [-0.1, -0.05) is 60.7 Å². The van der Waals surface area contributed by atoms with E-state index in [1.54, 1.807) is 14.2 Å². The molecule has 0 bridgehead atoms. The first-order chi connectivity index (χ1) is 12.2. The number of ether oxygens (including phenoxy) is 2. The van der Waals surface area contributed by atoms with Crippen LogP contribution in [0.2, 0.25) is 0 Å². The molecule has 0 fully saturated rings. The van der Waals surface area contributed by atoms with Crippen LogP contribution in [-0.4, -0.2) is 32.8 Å². The zero-order valence-corrected chi connectivity index (χ0v) is 14.8. The van der Waals surface area contributed by atoms with Crippen molar-refractivity contribution >= 4 is 5.71 Å². The standard InChI is InChI=1S/C21H22N2O2/c1-16(21(24-2)25-3)19(14-22)15-23-20(17-10-6-4-7-11-17)18-12-8-5-9-13-18/h4-13,21H,15H2,1-3H3/b19-16-/i23+1. The normalized spacial score (nSPS) is 11.6. The second-order valence-electron chi connectivity index (χ2n) is 5.47. The van der Waals surface area contributed by atoms with Crippen molar-refractivity contribution < 1.29 is 9.47 Å². The fraction of sp³-hybridized carbons (Fsp3) is 0.238.